The number of amides is 2. The van der Waals surface area contributed by atoms with Crippen molar-refractivity contribution in [3.05, 3.63) is 60.3 Å². The summed E-state index contributed by atoms with van der Waals surface area (Å²) in [5, 5.41) is 15.5. The lowest BCUT2D eigenvalue weighted by Gasteiger charge is -2.14. The van der Waals surface area contributed by atoms with E-state index in [9.17, 15) is 14.7 Å². The summed E-state index contributed by atoms with van der Waals surface area (Å²) in [6, 6.07) is 15.4. The Balaban J connectivity index is 1.47. The van der Waals surface area contributed by atoms with Crippen molar-refractivity contribution in [2.45, 2.75) is 6.04 Å². The minimum Gasteiger partial charge on any atom is -0.394 e. The molecule has 1 atom stereocenters. The zero-order valence-electron chi connectivity index (χ0n) is 14.2. The number of nitrogens with zero attached hydrogens (tertiary/aromatic N) is 1. The molecular formula is C19H17N5O3. The van der Waals surface area contributed by atoms with Gasteiger partial charge in [0.25, 0.3) is 11.8 Å². The number of fused-ring (bicyclic) bond motifs is 2. The van der Waals surface area contributed by atoms with Gasteiger partial charge in [0.15, 0.2) is 0 Å². The molecule has 8 nitrogen and oxygen atoms in total. The summed E-state index contributed by atoms with van der Waals surface area (Å²) >= 11 is 0. The van der Waals surface area contributed by atoms with Crippen molar-refractivity contribution in [2.24, 2.45) is 0 Å². The van der Waals surface area contributed by atoms with E-state index < -0.39 is 24.5 Å². The van der Waals surface area contributed by atoms with Gasteiger partial charge in [-0.25, -0.2) is 4.98 Å². The second kappa shape index (κ2) is 6.93. The molecule has 2 aromatic heterocycles. The van der Waals surface area contributed by atoms with Gasteiger partial charge in [0.1, 0.15) is 11.7 Å². The molecule has 4 rings (SSSR count). The molecule has 5 N–H and O–H groups in total. The maximum Gasteiger partial charge on any atom is 0.268 e. The van der Waals surface area contributed by atoms with Gasteiger partial charge >= 0.3 is 0 Å². The summed E-state index contributed by atoms with van der Waals surface area (Å²) in [6.07, 6.45) is 0. The van der Waals surface area contributed by atoms with Gasteiger partial charge in [-0.15, -0.1) is 0 Å². The predicted octanol–water partition coefficient (Wildman–Crippen LogP) is 1.77. The van der Waals surface area contributed by atoms with Crippen LogP contribution in [0.4, 0.5) is 5.95 Å². The van der Waals surface area contributed by atoms with Crippen LogP contribution in [0.25, 0.3) is 21.9 Å². The number of hydrogen-bond acceptors (Lipinski definition) is 4. The van der Waals surface area contributed by atoms with Crippen LogP contribution < -0.4 is 10.6 Å². The highest BCUT2D eigenvalue weighted by atomic mass is 16.3. The number of nitrogens with one attached hydrogen (secondary N) is 4. The van der Waals surface area contributed by atoms with Crippen LogP contribution >= 0.6 is 0 Å². The topological polar surface area (TPSA) is 123 Å². The lowest BCUT2D eigenvalue weighted by atomic mass is 10.2. The Hall–Kier alpha value is -3.65. The first kappa shape index (κ1) is 16.8. The number of carbonyl (C=O) groups excluding carboxylic acids is 2. The smallest absolute Gasteiger partial charge is 0.268 e. The average molecular weight is 363 g/mol. The largest absolute Gasteiger partial charge is 0.394 e. The monoisotopic (exact) mass is 363 g/mol. The molecule has 27 heavy (non-hydrogen) atoms. The number of aliphatic hydroxyl groups is 1. The number of aromatic amines is 2. The van der Waals surface area contributed by atoms with Gasteiger partial charge < -0.3 is 20.4 Å². The number of carbonyl (C=O) groups is 2. The van der Waals surface area contributed by atoms with E-state index in [1.807, 2.05) is 48.5 Å². The highest BCUT2D eigenvalue weighted by Crippen LogP contribution is 2.15. The predicted molar refractivity (Wildman–Crippen MR) is 101 cm³/mol. The van der Waals surface area contributed by atoms with Crippen LogP contribution in [0.3, 0.4) is 0 Å². The summed E-state index contributed by atoms with van der Waals surface area (Å²) < 4.78 is 0. The van der Waals surface area contributed by atoms with Crippen LogP contribution in [0.2, 0.25) is 0 Å². The molecule has 4 aromatic rings. The molecule has 0 aliphatic rings. The van der Waals surface area contributed by atoms with Crippen molar-refractivity contribution in [2.75, 3.05) is 11.9 Å². The first-order valence-corrected chi connectivity index (χ1v) is 8.39. The molecule has 2 amide bonds. The Morgan fingerprint density at radius 1 is 1.04 bits per heavy atom. The number of aliphatic hydroxyl groups excluding tert-OH is 1. The van der Waals surface area contributed by atoms with Gasteiger partial charge in [-0.1, -0.05) is 30.3 Å². The Morgan fingerprint density at radius 3 is 2.52 bits per heavy atom. The maximum atomic E-state index is 12.4. The normalized spacial score (nSPS) is 12.2. The summed E-state index contributed by atoms with van der Waals surface area (Å²) in [5.41, 5.74) is 2.60. The van der Waals surface area contributed by atoms with Gasteiger partial charge in [-0.2, -0.15) is 0 Å². The molecule has 0 fully saturated rings. The number of para-hydroxylation sites is 3. The van der Waals surface area contributed by atoms with Gasteiger partial charge in [0, 0.05) is 10.9 Å². The fourth-order valence-corrected chi connectivity index (χ4v) is 2.84. The number of benzene rings is 2. The fourth-order valence-electron chi connectivity index (χ4n) is 2.84. The molecule has 2 heterocycles. The highest BCUT2D eigenvalue weighted by molar-refractivity contribution is 6.02. The lowest BCUT2D eigenvalue weighted by molar-refractivity contribution is -0.118. The van der Waals surface area contributed by atoms with E-state index in [1.165, 1.54) is 0 Å². The summed E-state index contributed by atoms with van der Waals surface area (Å²) in [7, 11) is 0. The second-order valence-corrected chi connectivity index (χ2v) is 6.07. The fraction of sp³-hybridized carbons (Fsp3) is 0.105. The van der Waals surface area contributed by atoms with Gasteiger partial charge in [-0.05, 0) is 24.3 Å². The second-order valence-electron chi connectivity index (χ2n) is 6.07. The van der Waals surface area contributed by atoms with Crippen LogP contribution in [0.15, 0.2) is 54.6 Å². The number of rotatable bonds is 5. The molecule has 0 aliphatic carbocycles. The quantitative estimate of drug-likeness (QED) is 0.371. The first-order valence-electron chi connectivity index (χ1n) is 8.39. The molecule has 0 bridgehead atoms. The van der Waals surface area contributed by atoms with Crippen LogP contribution in [0, 0.1) is 0 Å². The number of imidazole rings is 1. The zero-order valence-corrected chi connectivity index (χ0v) is 14.2. The minimum absolute atomic E-state index is 0.250. The van der Waals surface area contributed by atoms with Gasteiger partial charge in [0.05, 0.1) is 17.6 Å². The van der Waals surface area contributed by atoms with E-state index in [0.717, 1.165) is 16.4 Å². The molecule has 136 valence electrons. The Kier molecular flexibility index (Phi) is 4.31. The zero-order chi connectivity index (χ0) is 18.8. The Bertz CT molecular complexity index is 1060. The number of anilines is 1. The molecule has 0 aliphatic heterocycles. The van der Waals surface area contributed by atoms with Crippen molar-refractivity contribution in [3.63, 3.8) is 0 Å². The number of hydrogen-bond donors (Lipinski definition) is 5. The highest BCUT2D eigenvalue weighted by Gasteiger charge is 2.22. The molecule has 0 saturated heterocycles. The molecule has 1 unspecified atom stereocenters. The molecule has 2 aromatic carbocycles. The molecule has 0 radical (unpaired) electrons. The molecular weight excluding hydrogens is 346 g/mol. The minimum atomic E-state index is -1.11. The summed E-state index contributed by atoms with van der Waals surface area (Å²) in [5.74, 6) is -0.800. The van der Waals surface area contributed by atoms with Crippen molar-refractivity contribution in [3.8, 4) is 0 Å². The van der Waals surface area contributed by atoms with Crippen LogP contribution in [-0.4, -0.2) is 44.5 Å². The van der Waals surface area contributed by atoms with Crippen LogP contribution in [0.5, 0.6) is 0 Å². The van der Waals surface area contributed by atoms with Gasteiger partial charge in [-0.3, -0.25) is 14.9 Å². The third-order valence-electron chi connectivity index (χ3n) is 4.21. The van der Waals surface area contributed by atoms with Crippen molar-refractivity contribution in [1.29, 1.82) is 0 Å². The van der Waals surface area contributed by atoms with E-state index in [4.69, 9.17) is 0 Å². The number of H-pyrrole nitrogens is 2. The molecule has 0 saturated carbocycles. The van der Waals surface area contributed by atoms with E-state index in [0.29, 0.717) is 11.2 Å². The van der Waals surface area contributed by atoms with Crippen LogP contribution in [0.1, 0.15) is 10.5 Å². The molecule has 8 heteroatoms. The van der Waals surface area contributed by atoms with E-state index in [1.54, 1.807) is 6.07 Å². The summed E-state index contributed by atoms with van der Waals surface area (Å²) in [4.78, 5) is 35.0. The third kappa shape index (κ3) is 3.38. The Labute approximate surface area is 153 Å². The van der Waals surface area contributed by atoms with E-state index >= 15 is 0 Å². The van der Waals surface area contributed by atoms with Gasteiger partial charge in [0.2, 0.25) is 5.95 Å². The van der Waals surface area contributed by atoms with Crippen molar-refractivity contribution >= 4 is 39.7 Å². The Morgan fingerprint density at radius 2 is 1.78 bits per heavy atom. The van der Waals surface area contributed by atoms with Crippen molar-refractivity contribution in [1.82, 2.24) is 20.3 Å². The average Bonchev–Trinajstić information content (AvgIpc) is 3.28. The third-order valence-corrected chi connectivity index (χ3v) is 4.21. The summed E-state index contributed by atoms with van der Waals surface area (Å²) in [6.45, 7) is -0.544. The number of aromatic nitrogens is 3. The molecule has 0 spiro atoms. The van der Waals surface area contributed by atoms with Crippen LogP contribution in [-0.2, 0) is 4.79 Å². The standard InChI is InChI=1S/C19H17N5O3/c25-10-16(18(27)24-19-22-13-7-3-4-8-14(13)23-19)21-17(26)15-9-11-5-1-2-6-12(11)20-15/h1-9,16,20,25H,10H2,(H,21,26)(H2,22,23,24,27). The lowest BCUT2D eigenvalue weighted by Crippen LogP contribution is -2.46. The first-order chi connectivity index (χ1) is 13.1. The maximum absolute atomic E-state index is 12.4. The van der Waals surface area contributed by atoms with Crippen molar-refractivity contribution < 1.29 is 14.7 Å². The van der Waals surface area contributed by atoms with E-state index in [2.05, 4.69) is 25.6 Å². The van der Waals surface area contributed by atoms with E-state index in [-0.39, 0.29) is 5.95 Å². The SMILES string of the molecule is O=C(NC(CO)C(=O)Nc1nc2ccccc2[nH]1)c1cc2ccccc2[nH]1.